The van der Waals surface area contributed by atoms with E-state index in [0.29, 0.717) is 6.61 Å². The van der Waals surface area contributed by atoms with Gasteiger partial charge in [0.05, 0.1) is 18.7 Å². The number of aromatic nitrogens is 1. The summed E-state index contributed by atoms with van der Waals surface area (Å²) >= 11 is 6.85. The third-order valence-electron chi connectivity index (χ3n) is 2.39. The average Bonchev–Trinajstić information content (AvgIpc) is 2.74. The minimum Gasteiger partial charge on any atom is -0.480 e. The molecular formula is C9H9ClN2O4S. The van der Waals surface area contributed by atoms with E-state index in [9.17, 15) is 9.59 Å². The molecule has 1 saturated heterocycles. The molecule has 1 amide bonds. The highest BCUT2D eigenvalue weighted by atomic mass is 35.5. The Labute approximate surface area is 106 Å². The number of carbonyl (C=O) groups is 2. The van der Waals surface area contributed by atoms with Crippen molar-refractivity contribution in [3.05, 3.63) is 15.5 Å². The molecule has 0 aromatic carbocycles. The molecule has 1 aromatic heterocycles. The Kier molecular flexibility index (Phi) is 3.60. The van der Waals surface area contributed by atoms with Crippen molar-refractivity contribution in [2.24, 2.45) is 0 Å². The number of halogens is 1. The van der Waals surface area contributed by atoms with Gasteiger partial charge >= 0.3 is 5.97 Å². The lowest BCUT2D eigenvalue weighted by atomic mass is 10.2. The van der Waals surface area contributed by atoms with Crippen LogP contribution in [0.1, 0.15) is 9.67 Å². The van der Waals surface area contributed by atoms with Gasteiger partial charge in [0.2, 0.25) is 0 Å². The number of rotatable bonds is 2. The van der Waals surface area contributed by atoms with Crippen molar-refractivity contribution in [3.8, 4) is 0 Å². The average molecular weight is 277 g/mol. The maximum atomic E-state index is 12.1. The molecule has 1 aliphatic heterocycles. The van der Waals surface area contributed by atoms with Crippen molar-refractivity contribution < 1.29 is 19.4 Å². The molecule has 1 aliphatic rings. The zero-order valence-corrected chi connectivity index (χ0v) is 10.2. The first kappa shape index (κ1) is 12.3. The number of carboxylic acids is 1. The van der Waals surface area contributed by atoms with Crippen molar-refractivity contribution in [2.75, 3.05) is 19.8 Å². The van der Waals surface area contributed by atoms with Gasteiger partial charge in [-0.15, -0.1) is 11.3 Å². The van der Waals surface area contributed by atoms with Crippen LogP contribution in [0.4, 0.5) is 0 Å². The Morgan fingerprint density at radius 2 is 2.41 bits per heavy atom. The van der Waals surface area contributed by atoms with Crippen LogP contribution >= 0.6 is 22.9 Å². The van der Waals surface area contributed by atoms with Gasteiger partial charge in [-0.25, -0.2) is 9.78 Å². The maximum absolute atomic E-state index is 12.1. The Hall–Kier alpha value is -1.18. The van der Waals surface area contributed by atoms with Gasteiger partial charge < -0.3 is 14.7 Å². The second-order valence-electron chi connectivity index (χ2n) is 3.40. The van der Waals surface area contributed by atoms with E-state index in [1.807, 2.05) is 0 Å². The molecule has 0 spiro atoms. The number of carbonyl (C=O) groups excluding carboxylic acids is 1. The number of ether oxygens (including phenoxy) is 1. The van der Waals surface area contributed by atoms with Crippen LogP contribution < -0.4 is 0 Å². The number of thiazole rings is 1. The molecule has 0 saturated carbocycles. The maximum Gasteiger partial charge on any atom is 0.328 e. The van der Waals surface area contributed by atoms with E-state index in [1.165, 1.54) is 10.4 Å². The number of amides is 1. The number of carboxylic acid groups (broad SMARTS) is 1. The van der Waals surface area contributed by atoms with E-state index in [4.69, 9.17) is 21.4 Å². The number of morpholine rings is 1. The van der Waals surface area contributed by atoms with Crippen LogP contribution in [0.3, 0.4) is 0 Å². The van der Waals surface area contributed by atoms with Crippen molar-refractivity contribution >= 4 is 34.8 Å². The summed E-state index contributed by atoms with van der Waals surface area (Å²) in [7, 11) is 0. The largest absolute Gasteiger partial charge is 0.480 e. The van der Waals surface area contributed by atoms with Crippen LogP contribution in [0.25, 0.3) is 0 Å². The van der Waals surface area contributed by atoms with Crippen LogP contribution in [-0.2, 0) is 9.53 Å². The molecule has 0 aliphatic carbocycles. The van der Waals surface area contributed by atoms with Gasteiger partial charge in [-0.05, 0) is 0 Å². The molecule has 17 heavy (non-hydrogen) atoms. The Morgan fingerprint density at radius 1 is 1.65 bits per heavy atom. The van der Waals surface area contributed by atoms with E-state index >= 15 is 0 Å². The Bertz CT molecular complexity index is 450. The van der Waals surface area contributed by atoms with Crippen molar-refractivity contribution in [2.45, 2.75) is 6.04 Å². The van der Waals surface area contributed by atoms with Gasteiger partial charge in [0.25, 0.3) is 5.91 Å². The number of nitrogens with zero attached hydrogens (tertiary/aromatic N) is 2. The Balaban J connectivity index is 2.23. The topological polar surface area (TPSA) is 79.7 Å². The molecule has 1 aromatic rings. The van der Waals surface area contributed by atoms with E-state index < -0.39 is 17.9 Å². The van der Waals surface area contributed by atoms with Crippen LogP contribution in [0, 0.1) is 0 Å². The van der Waals surface area contributed by atoms with E-state index in [-0.39, 0.29) is 23.2 Å². The van der Waals surface area contributed by atoms with Crippen molar-refractivity contribution in [3.63, 3.8) is 0 Å². The van der Waals surface area contributed by atoms with E-state index in [1.54, 1.807) is 0 Å². The zero-order chi connectivity index (χ0) is 12.4. The first-order valence-electron chi connectivity index (χ1n) is 4.81. The Morgan fingerprint density at radius 3 is 3.00 bits per heavy atom. The van der Waals surface area contributed by atoms with Gasteiger partial charge in [-0.1, -0.05) is 11.6 Å². The normalized spacial score (nSPS) is 20.3. The lowest BCUT2D eigenvalue weighted by Gasteiger charge is -2.32. The van der Waals surface area contributed by atoms with Crippen LogP contribution in [-0.4, -0.2) is 52.7 Å². The van der Waals surface area contributed by atoms with E-state index in [2.05, 4.69) is 4.98 Å². The van der Waals surface area contributed by atoms with Gasteiger partial charge in [0.15, 0.2) is 11.2 Å². The summed E-state index contributed by atoms with van der Waals surface area (Å²) in [5.41, 5.74) is 1.45. The summed E-state index contributed by atoms with van der Waals surface area (Å²) in [6, 6.07) is -0.964. The fourth-order valence-electron chi connectivity index (χ4n) is 1.55. The van der Waals surface area contributed by atoms with Crippen LogP contribution in [0.15, 0.2) is 5.51 Å². The highest BCUT2D eigenvalue weighted by Gasteiger charge is 2.34. The smallest absolute Gasteiger partial charge is 0.328 e. The first-order chi connectivity index (χ1) is 8.11. The predicted octanol–water partition coefficient (Wildman–Crippen LogP) is 0.722. The molecule has 2 heterocycles. The summed E-state index contributed by atoms with van der Waals surface area (Å²) in [6.07, 6.45) is 0. The van der Waals surface area contributed by atoms with Crippen LogP contribution in [0.5, 0.6) is 0 Å². The predicted molar refractivity (Wildman–Crippen MR) is 60.4 cm³/mol. The molecule has 8 heteroatoms. The van der Waals surface area contributed by atoms with Crippen molar-refractivity contribution in [1.82, 2.24) is 9.88 Å². The first-order valence-corrected chi connectivity index (χ1v) is 6.07. The quantitative estimate of drug-likeness (QED) is 0.861. The number of hydrogen-bond acceptors (Lipinski definition) is 5. The molecular weight excluding hydrogens is 268 g/mol. The minimum absolute atomic E-state index is 0.00248. The molecule has 1 fully saturated rings. The third-order valence-corrected chi connectivity index (χ3v) is 3.61. The molecule has 6 nitrogen and oxygen atoms in total. The summed E-state index contributed by atoms with van der Waals surface area (Å²) in [6.45, 7) is 0.563. The van der Waals surface area contributed by atoms with Gasteiger partial charge in [0.1, 0.15) is 4.88 Å². The van der Waals surface area contributed by atoms with Gasteiger partial charge in [0, 0.05) is 6.54 Å². The molecule has 0 radical (unpaired) electrons. The van der Waals surface area contributed by atoms with Crippen LogP contribution in [0.2, 0.25) is 5.15 Å². The summed E-state index contributed by atoms with van der Waals surface area (Å²) in [5, 5.41) is 9.11. The summed E-state index contributed by atoms with van der Waals surface area (Å²) < 4.78 is 5.05. The van der Waals surface area contributed by atoms with E-state index in [0.717, 1.165) is 11.3 Å². The third kappa shape index (κ3) is 2.41. The van der Waals surface area contributed by atoms with Gasteiger partial charge in [-0.3, -0.25) is 4.79 Å². The second-order valence-corrected chi connectivity index (χ2v) is 4.61. The molecule has 2 rings (SSSR count). The fraction of sp³-hybridized carbons (Fsp3) is 0.444. The zero-order valence-electron chi connectivity index (χ0n) is 8.63. The minimum atomic E-state index is -1.08. The highest BCUT2D eigenvalue weighted by molar-refractivity contribution is 7.12. The number of aliphatic carboxylic acids is 1. The molecule has 0 unspecified atom stereocenters. The monoisotopic (exact) mass is 276 g/mol. The van der Waals surface area contributed by atoms with Gasteiger partial charge in [-0.2, -0.15) is 0 Å². The molecule has 0 bridgehead atoms. The standard InChI is InChI=1S/C9H9ClN2O4S/c10-7-6(17-4-11-7)8(13)12-1-2-16-3-5(12)9(14)15/h4-5H,1-3H2,(H,14,15)/t5-/m0/s1. The molecule has 92 valence electrons. The lowest BCUT2D eigenvalue weighted by molar-refractivity contribution is -0.147. The second kappa shape index (κ2) is 4.99. The SMILES string of the molecule is O=C(O)[C@@H]1COCCN1C(=O)c1scnc1Cl. The highest BCUT2D eigenvalue weighted by Crippen LogP contribution is 2.22. The molecule has 1 atom stereocenters. The number of hydrogen-bond donors (Lipinski definition) is 1. The van der Waals surface area contributed by atoms with Crippen molar-refractivity contribution in [1.29, 1.82) is 0 Å². The fourth-order valence-corrected chi connectivity index (χ4v) is 2.51. The summed E-state index contributed by atoms with van der Waals surface area (Å²) in [5.74, 6) is -1.49. The summed E-state index contributed by atoms with van der Waals surface area (Å²) in [4.78, 5) is 28.4. The lowest BCUT2D eigenvalue weighted by Crippen LogP contribution is -2.52. The molecule has 1 N–H and O–H groups in total.